The third-order valence-corrected chi connectivity index (χ3v) is 5.24. The Balaban J connectivity index is 1.81. The Labute approximate surface area is 176 Å². The first-order chi connectivity index (χ1) is 13.5. The van der Waals surface area contributed by atoms with E-state index >= 15 is 0 Å². The average Bonchev–Trinajstić information content (AvgIpc) is 2.65. The molecule has 1 aromatic carbocycles. The minimum atomic E-state index is -0.949. The molecule has 0 spiro atoms. The normalized spacial score (nSPS) is 16.9. The number of nitrogens with zero attached hydrogens (tertiary/aromatic N) is 2. The predicted octanol–water partition coefficient (Wildman–Crippen LogP) is 5.73. The molecule has 1 aliphatic heterocycles. The van der Waals surface area contributed by atoms with Gasteiger partial charge in [0, 0.05) is 28.5 Å². The van der Waals surface area contributed by atoms with E-state index < -0.39 is 5.97 Å². The van der Waals surface area contributed by atoms with Crippen LogP contribution in [-0.4, -0.2) is 41.8 Å². The number of carboxylic acids is 1. The number of benzene rings is 1. The number of aliphatic imine (C=N–C) groups is 1. The van der Waals surface area contributed by atoms with Crippen LogP contribution in [0.4, 0.5) is 0 Å². The zero-order chi connectivity index (χ0) is 20.4. The highest BCUT2D eigenvalue weighted by Gasteiger charge is 2.20. The molecule has 0 bridgehead atoms. The van der Waals surface area contributed by atoms with Crippen LogP contribution in [0.15, 0.2) is 59.8 Å². The minimum Gasteiger partial charge on any atom is -0.478 e. The molecule has 1 saturated heterocycles. The van der Waals surface area contributed by atoms with Crippen molar-refractivity contribution in [1.82, 2.24) is 4.90 Å². The highest BCUT2D eigenvalue weighted by Crippen LogP contribution is 2.32. The second-order valence-corrected chi connectivity index (χ2v) is 7.69. The topological polar surface area (TPSA) is 52.9 Å². The van der Waals surface area contributed by atoms with E-state index in [4.69, 9.17) is 28.3 Å². The van der Waals surface area contributed by atoms with Crippen LogP contribution in [0.3, 0.4) is 0 Å². The van der Waals surface area contributed by atoms with Gasteiger partial charge in [0.2, 0.25) is 0 Å². The number of hydrogen-bond donors (Lipinski definition) is 1. The van der Waals surface area contributed by atoms with Crippen LogP contribution in [0.25, 0.3) is 0 Å². The van der Waals surface area contributed by atoms with Crippen LogP contribution in [0.1, 0.15) is 37.2 Å². The molecule has 1 aliphatic rings. The molecule has 0 saturated carbocycles. The smallest absolute Gasteiger partial charge is 0.328 e. The quantitative estimate of drug-likeness (QED) is 0.315. The Morgan fingerprint density at radius 3 is 2.50 bits per heavy atom. The molecule has 0 amide bonds. The van der Waals surface area contributed by atoms with Crippen molar-refractivity contribution in [2.45, 2.75) is 31.6 Å². The highest BCUT2D eigenvalue weighted by molar-refractivity contribution is 6.34. The summed E-state index contributed by atoms with van der Waals surface area (Å²) in [6, 6.07) is 5.81. The Hall–Kier alpha value is -1.88. The molecule has 0 aliphatic carbocycles. The van der Waals surface area contributed by atoms with Gasteiger partial charge in [-0.05, 0) is 86.6 Å². The van der Waals surface area contributed by atoms with Crippen molar-refractivity contribution in [3.8, 4) is 0 Å². The highest BCUT2D eigenvalue weighted by atomic mass is 35.5. The van der Waals surface area contributed by atoms with Gasteiger partial charge in [0.05, 0.1) is 0 Å². The number of hydrogen-bond acceptors (Lipinski definition) is 3. The number of likely N-dealkylation sites (tertiary alicyclic amines) is 1. The van der Waals surface area contributed by atoms with Gasteiger partial charge in [0.15, 0.2) is 0 Å². The summed E-state index contributed by atoms with van der Waals surface area (Å²) in [5.41, 5.74) is 2.17. The van der Waals surface area contributed by atoms with E-state index in [1.54, 1.807) is 18.4 Å². The van der Waals surface area contributed by atoms with E-state index in [9.17, 15) is 4.79 Å². The molecule has 0 unspecified atom stereocenters. The van der Waals surface area contributed by atoms with Gasteiger partial charge < -0.3 is 10.0 Å². The maximum atomic E-state index is 10.8. The van der Waals surface area contributed by atoms with Crippen LogP contribution in [0, 0.1) is 0 Å². The van der Waals surface area contributed by atoms with E-state index in [0.29, 0.717) is 16.0 Å². The maximum Gasteiger partial charge on any atom is 0.328 e. The Morgan fingerprint density at radius 1 is 1.21 bits per heavy atom. The molecule has 0 aromatic heterocycles. The molecular weight excluding hydrogens is 395 g/mol. The molecule has 0 radical (unpaired) electrons. The molecule has 28 heavy (non-hydrogen) atoms. The number of carboxylic acid groups (broad SMARTS) is 1. The molecule has 1 fully saturated rings. The summed E-state index contributed by atoms with van der Waals surface area (Å²) < 4.78 is 0. The number of allylic oxidation sites excluding steroid dienone is 3. The van der Waals surface area contributed by atoms with Crippen molar-refractivity contribution in [2.75, 3.05) is 19.6 Å². The van der Waals surface area contributed by atoms with Crippen LogP contribution in [-0.2, 0) is 4.79 Å². The summed E-state index contributed by atoms with van der Waals surface area (Å²) in [5, 5.41) is 10.2. The molecule has 1 aromatic rings. The Kier molecular flexibility index (Phi) is 9.48. The molecular formula is C22H26Cl2N2O2. The molecule has 1 N–H and O–H groups in total. The van der Waals surface area contributed by atoms with Gasteiger partial charge in [-0.2, -0.15) is 0 Å². The van der Waals surface area contributed by atoms with E-state index in [1.165, 1.54) is 11.8 Å². The molecule has 2 rings (SSSR count). The lowest BCUT2D eigenvalue weighted by Crippen LogP contribution is -2.33. The largest absolute Gasteiger partial charge is 0.478 e. The zero-order valence-corrected chi connectivity index (χ0v) is 17.4. The number of aliphatic carboxylic acids is 1. The lowest BCUT2D eigenvalue weighted by atomic mass is 9.89. The first-order valence-corrected chi connectivity index (χ1v) is 10.2. The first-order valence-electron chi connectivity index (χ1n) is 9.40. The number of halogens is 2. The third kappa shape index (κ3) is 8.01. The van der Waals surface area contributed by atoms with Crippen LogP contribution < -0.4 is 0 Å². The fourth-order valence-electron chi connectivity index (χ4n) is 3.41. The monoisotopic (exact) mass is 420 g/mol. The van der Waals surface area contributed by atoms with Crippen molar-refractivity contribution < 1.29 is 9.90 Å². The standard InChI is InChI=1S/C22H26Cl2N2O2/c1-2-25-10-7-17(5-6-22(27)28)4-3-11-26-12-8-18(9-13-26)19-14-20(23)16-21(24)15-19/h2,5-7,10,14-16,18H,1,3-4,8-9,11-13H2,(H,27,28)/b6-5+,17-7-,25-10+. The second-order valence-electron chi connectivity index (χ2n) is 6.82. The molecule has 1 heterocycles. The van der Waals surface area contributed by atoms with Crippen molar-refractivity contribution in [2.24, 2.45) is 4.99 Å². The van der Waals surface area contributed by atoms with Crippen LogP contribution >= 0.6 is 23.2 Å². The van der Waals surface area contributed by atoms with Gasteiger partial charge in [0.25, 0.3) is 0 Å². The Bertz CT molecular complexity index is 744. The van der Waals surface area contributed by atoms with Crippen LogP contribution in [0.5, 0.6) is 0 Å². The van der Waals surface area contributed by atoms with Gasteiger partial charge in [-0.15, -0.1) is 0 Å². The minimum absolute atomic E-state index is 0.497. The van der Waals surface area contributed by atoms with E-state index in [2.05, 4.69) is 16.5 Å². The second kappa shape index (κ2) is 11.8. The summed E-state index contributed by atoms with van der Waals surface area (Å²) in [6.45, 7) is 6.59. The summed E-state index contributed by atoms with van der Waals surface area (Å²) in [5.74, 6) is -0.453. The summed E-state index contributed by atoms with van der Waals surface area (Å²) in [6.07, 6.45) is 11.6. The molecule has 4 nitrogen and oxygen atoms in total. The number of carbonyl (C=O) groups is 1. The van der Waals surface area contributed by atoms with Crippen molar-refractivity contribution in [1.29, 1.82) is 0 Å². The van der Waals surface area contributed by atoms with Gasteiger partial charge in [0.1, 0.15) is 0 Å². The van der Waals surface area contributed by atoms with E-state index in [1.807, 2.05) is 18.2 Å². The third-order valence-electron chi connectivity index (χ3n) is 4.80. The average molecular weight is 421 g/mol. The van der Waals surface area contributed by atoms with Crippen molar-refractivity contribution in [3.63, 3.8) is 0 Å². The molecule has 0 atom stereocenters. The zero-order valence-electron chi connectivity index (χ0n) is 15.9. The van der Waals surface area contributed by atoms with Gasteiger partial charge >= 0.3 is 5.97 Å². The van der Waals surface area contributed by atoms with Crippen LogP contribution in [0.2, 0.25) is 10.0 Å². The van der Waals surface area contributed by atoms with Crippen molar-refractivity contribution >= 4 is 35.4 Å². The molecule has 150 valence electrons. The van der Waals surface area contributed by atoms with Gasteiger partial charge in [-0.25, -0.2) is 4.79 Å². The van der Waals surface area contributed by atoms with Crippen molar-refractivity contribution in [3.05, 3.63) is 70.4 Å². The predicted molar refractivity (Wildman–Crippen MR) is 118 cm³/mol. The molecule has 6 heteroatoms. The number of rotatable bonds is 9. The van der Waals surface area contributed by atoms with Gasteiger partial charge in [-0.3, -0.25) is 4.99 Å². The maximum absolute atomic E-state index is 10.8. The lowest BCUT2D eigenvalue weighted by molar-refractivity contribution is -0.131. The Morgan fingerprint density at radius 2 is 1.89 bits per heavy atom. The number of piperidine rings is 1. The summed E-state index contributed by atoms with van der Waals surface area (Å²) >= 11 is 12.3. The fraction of sp³-hybridized carbons (Fsp3) is 0.364. The summed E-state index contributed by atoms with van der Waals surface area (Å²) in [4.78, 5) is 17.2. The summed E-state index contributed by atoms with van der Waals surface area (Å²) in [7, 11) is 0. The van der Waals surface area contributed by atoms with E-state index in [0.717, 1.165) is 57.0 Å². The SMILES string of the molecule is C=C/N=C/C=C(\C=C\C(=O)O)CCCN1CCC(c2cc(Cl)cc(Cl)c2)CC1. The lowest BCUT2D eigenvalue weighted by Gasteiger charge is -2.32. The van der Waals surface area contributed by atoms with E-state index in [-0.39, 0.29) is 0 Å². The fourth-order valence-corrected chi connectivity index (χ4v) is 3.95. The first kappa shape index (κ1) is 22.4. The van der Waals surface area contributed by atoms with Gasteiger partial charge in [-0.1, -0.05) is 35.9 Å².